The lowest BCUT2D eigenvalue weighted by atomic mass is 10.1. The molecule has 2 N–H and O–H groups in total. The minimum Gasteiger partial charge on any atom is -0.486 e. The molecule has 0 spiro atoms. The Labute approximate surface area is 169 Å². The van der Waals surface area contributed by atoms with Crippen molar-refractivity contribution in [3.63, 3.8) is 0 Å². The van der Waals surface area contributed by atoms with Gasteiger partial charge in [-0.1, -0.05) is 18.2 Å². The molecule has 0 aliphatic carbocycles. The monoisotopic (exact) mass is 390 g/mol. The molecule has 0 unspecified atom stereocenters. The molecule has 1 aliphatic heterocycles. The van der Waals surface area contributed by atoms with Gasteiger partial charge in [0.1, 0.15) is 18.9 Å². The van der Waals surface area contributed by atoms with Gasteiger partial charge in [-0.3, -0.25) is 4.79 Å². The fourth-order valence-electron chi connectivity index (χ4n) is 3.18. The Morgan fingerprint density at radius 2 is 1.66 bits per heavy atom. The molecule has 0 fully saturated rings. The summed E-state index contributed by atoms with van der Waals surface area (Å²) in [5.74, 6) is 1.44. The van der Waals surface area contributed by atoms with Crippen molar-refractivity contribution in [3.05, 3.63) is 65.0 Å². The van der Waals surface area contributed by atoms with Crippen LogP contribution in [0.4, 0.5) is 17.3 Å². The van der Waals surface area contributed by atoms with Crippen LogP contribution in [-0.4, -0.2) is 29.1 Å². The minimum atomic E-state index is -0.280. The predicted molar refractivity (Wildman–Crippen MR) is 111 cm³/mol. The molecule has 0 bridgehead atoms. The standard InChI is InChI=1S/C22H22N4O3/c1-13-5-4-6-14(2)20(13)26-21(27)17-11-15(3)23-22(25-17)24-16-7-8-18-19(12-16)29-10-9-28-18/h4-8,11-12H,9-10H2,1-3H3,(H,26,27)(H,23,24,25). The van der Waals surface area contributed by atoms with Crippen molar-refractivity contribution in [1.82, 2.24) is 9.97 Å². The smallest absolute Gasteiger partial charge is 0.274 e. The predicted octanol–water partition coefficient (Wildman–Crippen LogP) is 4.17. The maximum absolute atomic E-state index is 12.8. The van der Waals surface area contributed by atoms with Crippen LogP contribution >= 0.6 is 0 Å². The van der Waals surface area contributed by atoms with Gasteiger partial charge >= 0.3 is 0 Å². The Hall–Kier alpha value is -3.61. The van der Waals surface area contributed by atoms with E-state index in [1.54, 1.807) is 6.07 Å². The van der Waals surface area contributed by atoms with E-state index in [-0.39, 0.29) is 5.91 Å². The molecule has 1 amide bonds. The van der Waals surface area contributed by atoms with Gasteiger partial charge in [0.05, 0.1) is 0 Å². The highest BCUT2D eigenvalue weighted by Crippen LogP contribution is 2.33. The van der Waals surface area contributed by atoms with Gasteiger partial charge in [0.2, 0.25) is 5.95 Å². The van der Waals surface area contributed by atoms with Crippen molar-refractivity contribution < 1.29 is 14.3 Å². The highest BCUT2D eigenvalue weighted by atomic mass is 16.6. The molecule has 148 valence electrons. The second kappa shape index (κ2) is 7.79. The minimum absolute atomic E-state index is 0.280. The van der Waals surface area contributed by atoms with Crippen LogP contribution in [0.15, 0.2) is 42.5 Å². The zero-order valence-corrected chi connectivity index (χ0v) is 16.6. The fraction of sp³-hybridized carbons (Fsp3) is 0.227. The molecular weight excluding hydrogens is 368 g/mol. The van der Waals surface area contributed by atoms with Gasteiger partial charge in [-0.05, 0) is 50.1 Å². The summed E-state index contributed by atoms with van der Waals surface area (Å²) in [4.78, 5) is 21.6. The Kier molecular flexibility index (Phi) is 5.03. The van der Waals surface area contributed by atoms with Crippen LogP contribution < -0.4 is 20.1 Å². The normalized spacial score (nSPS) is 12.4. The van der Waals surface area contributed by atoms with Gasteiger partial charge in [-0.2, -0.15) is 0 Å². The van der Waals surface area contributed by atoms with Crippen LogP contribution in [0.1, 0.15) is 27.3 Å². The number of aryl methyl sites for hydroxylation is 3. The number of carbonyl (C=O) groups is 1. The Balaban J connectivity index is 1.57. The first-order valence-corrected chi connectivity index (χ1v) is 9.39. The number of anilines is 3. The van der Waals surface area contributed by atoms with E-state index in [9.17, 15) is 4.79 Å². The molecule has 0 radical (unpaired) electrons. The van der Waals surface area contributed by atoms with Crippen LogP contribution in [0.25, 0.3) is 0 Å². The molecule has 29 heavy (non-hydrogen) atoms. The third-order valence-electron chi connectivity index (χ3n) is 4.60. The van der Waals surface area contributed by atoms with E-state index in [1.807, 2.05) is 57.2 Å². The van der Waals surface area contributed by atoms with Gasteiger partial charge in [0, 0.05) is 23.1 Å². The molecule has 1 aliphatic rings. The lowest BCUT2D eigenvalue weighted by Crippen LogP contribution is -2.17. The van der Waals surface area contributed by atoms with Gasteiger partial charge in [-0.15, -0.1) is 0 Å². The first-order chi connectivity index (χ1) is 14.0. The van der Waals surface area contributed by atoms with E-state index in [0.717, 1.165) is 22.5 Å². The van der Waals surface area contributed by atoms with Crippen molar-refractivity contribution in [2.75, 3.05) is 23.8 Å². The lowest BCUT2D eigenvalue weighted by molar-refractivity contribution is 0.102. The number of amides is 1. The molecule has 7 heteroatoms. The summed E-state index contributed by atoms with van der Waals surface area (Å²) in [6.45, 7) is 6.80. The lowest BCUT2D eigenvalue weighted by Gasteiger charge is -2.19. The van der Waals surface area contributed by atoms with E-state index in [4.69, 9.17) is 9.47 Å². The van der Waals surface area contributed by atoms with E-state index in [0.29, 0.717) is 42.0 Å². The highest BCUT2D eigenvalue weighted by molar-refractivity contribution is 6.04. The molecule has 2 heterocycles. The number of para-hydroxylation sites is 1. The zero-order chi connectivity index (χ0) is 20.4. The summed E-state index contributed by atoms with van der Waals surface area (Å²) in [6, 6.07) is 13.1. The second-order valence-electron chi connectivity index (χ2n) is 6.92. The van der Waals surface area contributed by atoms with Crippen LogP contribution in [0, 0.1) is 20.8 Å². The number of hydrogen-bond acceptors (Lipinski definition) is 6. The highest BCUT2D eigenvalue weighted by Gasteiger charge is 2.15. The molecular formula is C22H22N4O3. The number of fused-ring (bicyclic) bond motifs is 1. The van der Waals surface area contributed by atoms with Crippen LogP contribution in [0.3, 0.4) is 0 Å². The zero-order valence-electron chi connectivity index (χ0n) is 16.6. The molecule has 0 saturated heterocycles. The van der Waals surface area contributed by atoms with Gasteiger partial charge < -0.3 is 20.1 Å². The summed E-state index contributed by atoms with van der Waals surface area (Å²) >= 11 is 0. The van der Waals surface area contributed by atoms with E-state index in [1.165, 1.54) is 0 Å². The molecule has 0 atom stereocenters. The van der Waals surface area contributed by atoms with Crippen molar-refractivity contribution >= 4 is 23.2 Å². The summed E-state index contributed by atoms with van der Waals surface area (Å²) in [5, 5.41) is 6.10. The average Bonchev–Trinajstić information content (AvgIpc) is 2.70. The largest absolute Gasteiger partial charge is 0.486 e. The molecule has 2 aromatic carbocycles. The van der Waals surface area contributed by atoms with E-state index < -0.39 is 0 Å². The SMILES string of the molecule is Cc1cc(C(=O)Nc2c(C)cccc2C)nc(Nc2ccc3c(c2)OCCO3)n1. The molecule has 7 nitrogen and oxygen atoms in total. The number of aromatic nitrogens is 2. The Morgan fingerprint density at radius 1 is 0.931 bits per heavy atom. The third kappa shape index (κ3) is 4.13. The van der Waals surface area contributed by atoms with Crippen LogP contribution in [0.5, 0.6) is 11.5 Å². The molecule has 0 saturated carbocycles. The second-order valence-corrected chi connectivity index (χ2v) is 6.92. The topological polar surface area (TPSA) is 85.4 Å². The van der Waals surface area contributed by atoms with Gasteiger partial charge in [-0.25, -0.2) is 9.97 Å². The Morgan fingerprint density at radius 3 is 2.41 bits per heavy atom. The van der Waals surface area contributed by atoms with Gasteiger partial charge in [0.25, 0.3) is 5.91 Å². The van der Waals surface area contributed by atoms with Crippen LogP contribution in [-0.2, 0) is 0 Å². The van der Waals surface area contributed by atoms with Crippen molar-refractivity contribution in [3.8, 4) is 11.5 Å². The first-order valence-electron chi connectivity index (χ1n) is 9.39. The summed E-state index contributed by atoms with van der Waals surface area (Å²) in [5.41, 5.74) is 4.53. The maximum Gasteiger partial charge on any atom is 0.274 e. The molecule has 4 rings (SSSR count). The number of rotatable bonds is 4. The third-order valence-corrected chi connectivity index (χ3v) is 4.60. The number of benzene rings is 2. The van der Waals surface area contributed by atoms with E-state index in [2.05, 4.69) is 20.6 Å². The average molecular weight is 390 g/mol. The number of ether oxygens (including phenoxy) is 2. The number of nitrogens with zero attached hydrogens (tertiary/aromatic N) is 2. The van der Waals surface area contributed by atoms with Crippen molar-refractivity contribution in [2.24, 2.45) is 0 Å². The van der Waals surface area contributed by atoms with Gasteiger partial charge in [0.15, 0.2) is 11.5 Å². The molecule has 1 aromatic heterocycles. The van der Waals surface area contributed by atoms with E-state index >= 15 is 0 Å². The number of hydrogen-bond donors (Lipinski definition) is 2. The quantitative estimate of drug-likeness (QED) is 0.695. The maximum atomic E-state index is 12.8. The Bertz CT molecular complexity index is 1060. The van der Waals surface area contributed by atoms with Crippen molar-refractivity contribution in [1.29, 1.82) is 0 Å². The number of carbonyl (C=O) groups excluding carboxylic acids is 1. The summed E-state index contributed by atoms with van der Waals surface area (Å²) < 4.78 is 11.1. The fourth-order valence-corrected chi connectivity index (χ4v) is 3.18. The summed E-state index contributed by atoms with van der Waals surface area (Å²) in [6.07, 6.45) is 0. The molecule has 3 aromatic rings. The number of nitrogens with one attached hydrogen (secondary N) is 2. The van der Waals surface area contributed by atoms with Crippen LogP contribution in [0.2, 0.25) is 0 Å². The summed E-state index contributed by atoms with van der Waals surface area (Å²) in [7, 11) is 0. The van der Waals surface area contributed by atoms with Crippen molar-refractivity contribution in [2.45, 2.75) is 20.8 Å². The first kappa shape index (κ1) is 18.7.